The number of non-ortho nitro benzene ring substituents is 1. The van der Waals surface area contributed by atoms with Crippen LogP contribution < -0.4 is 4.57 Å². The first kappa shape index (κ1) is 15.6. The Morgan fingerprint density at radius 1 is 1.12 bits per heavy atom. The van der Waals surface area contributed by atoms with Crippen molar-refractivity contribution in [3.63, 3.8) is 0 Å². The van der Waals surface area contributed by atoms with Gasteiger partial charge in [0.15, 0.2) is 12.0 Å². The van der Waals surface area contributed by atoms with Gasteiger partial charge in [0.1, 0.15) is 7.05 Å². The molecular weight excluding hydrogens is 304 g/mol. The number of nitro benzene ring substituents is 1. The summed E-state index contributed by atoms with van der Waals surface area (Å²) in [6.07, 6.45) is 5.21. The number of aryl methyl sites for hydroxylation is 1. The maximum atomic E-state index is 12.2. The van der Waals surface area contributed by atoms with Gasteiger partial charge < -0.3 is 0 Å². The number of aromatic nitrogens is 1. The Hall–Kier alpha value is -3.34. The molecule has 0 saturated carbocycles. The van der Waals surface area contributed by atoms with Gasteiger partial charge in [-0.2, -0.15) is 0 Å². The van der Waals surface area contributed by atoms with E-state index < -0.39 is 4.92 Å². The molecule has 0 radical (unpaired) electrons. The predicted octanol–water partition coefficient (Wildman–Crippen LogP) is 3.47. The molecule has 0 aliphatic carbocycles. The number of hydrogen-bond donors (Lipinski definition) is 0. The summed E-state index contributed by atoms with van der Waals surface area (Å²) in [5.74, 6) is -0.191. The molecule has 0 unspecified atom stereocenters. The molecule has 0 aliphatic heterocycles. The molecule has 0 atom stereocenters. The van der Waals surface area contributed by atoms with Gasteiger partial charge in [-0.05, 0) is 42.0 Å². The zero-order chi connectivity index (χ0) is 17.1. The molecule has 118 valence electrons. The SMILES string of the molecule is C[n+]1cccc2cc(/C=C/C(=O)c3ccc([N+](=O)[O-])cc3)ccc21. The molecule has 1 heterocycles. The minimum Gasteiger partial charge on any atom is -0.289 e. The lowest BCUT2D eigenvalue weighted by molar-refractivity contribution is -0.644. The largest absolute Gasteiger partial charge is 0.289 e. The zero-order valence-corrected chi connectivity index (χ0v) is 13.0. The van der Waals surface area contributed by atoms with Crippen LogP contribution in [0, 0.1) is 10.1 Å². The maximum absolute atomic E-state index is 12.2. The molecule has 0 saturated heterocycles. The maximum Gasteiger partial charge on any atom is 0.269 e. The smallest absolute Gasteiger partial charge is 0.269 e. The van der Waals surface area contributed by atoms with Crippen molar-refractivity contribution in [2.45, 2.75) is 0 Å². The second-order valence-corrected chi connectivity index (χ2v) is 5.44. The van der Waals surface area contributed by atoms with Crippen LogP contribution >= 0.6 is 0 Å². The average molecular weight is 319 g/mol. The minimum absolute atomic E-state index is 0.0297. The van der Waals surface area contributed by atoms with Gasteiger partial charge in [-0.3, -0.25) is 14.9 Å². The van der Waals surface area contributed by atoms with Crippen LogP contribution in [0.25, 0.3) is 17.0 Å². The first-order valence-corrected chi connectivity index (χ1v) is 7.40. The molecule has 2 aromatic carbocycles. The van der Waals surface area contributed by atoms with Crippen molar-refractivity contribution in [2.24, 2.45) is 7.05 Å². The summed E-state index contributed by atoms with van der Waals surface area (Å²) in [6.45, 7) is 0. The van der Waals surface area contributed by atoms with E-state index in [1.807, 2.05) is 48.1 Å². The van der Waals surface area contributed by atoms with Crippen LogP contribution in [0.4, 0.5) is 5.69 Å². The van der Waals surface area contributed by atoms with E-state index in [1.54, 1.807) is 6.08 Å². The van der Waals surface area contributed by atoms with Gasteiger partial charge >= 0.3 is 0 Å². The fraction of sp³-hybridized carbons (Fsp3) is 0.0526. The van der Waals surface area contributed by atoms with E-state index in [4.69, 9.17) is 0 Å². The Bertz CT molecular complexity index is 960. The lowest BCUT2D eigenvalue weighted by Crippen LogP contribution is -2.27. The number of nitro groups is 1. The Balaban J connectivity index is 1.82. The number of ketones is 1. The highest BCUT2D eigenvalue weighted by molar-refractivity contribution is 6.07. The van der Waals surface area contributed by atoms with Gasteiger partial charge in [-0.15, -0.1) is 0 Å². The molecule has 0 amide bonds. The number of carbonyl (C=O) groups excluding carboxylic acids is 1. The summed E-state index contributed by atoms with van der Waals surface area (Å²) >= 11 is 0. The zero-order valence-electron chi connectivity index (χ0n) is 13.0. The van der Waals surface area contributed by atoms with Crippen LogP contribution in [0.3, 0.4) is 0 Å². The first-order valence-electron chi connectivity index (χ1n) is 7.40. The summed E-state index contributed by atoms with van der Waals surface area (Å²) in [5, 5.41) is 11.7. The highest BCUT2D eigenvalue weighted by Crippen LogP contribution is 2.15. The normalized spacial score (nSPS) is 11.0. The summed E-state index contributed by atoms with van der Waals surface area (Å²) in [7, 11) is 1.98. The third-order valence-electron chi connectivity index (χ3n) is 3.81. The highest BCUT2D eigenvalue weighted by atomic mass is 16.6. The Labute approximate surface area is 138 Å². The highest BCUT2D eigenvalue weighted by Gasteiger charge is 2.07. The number of benzene rings is 2. The van der Waals surface area contributed by atoms with E-state index in [1.165, 1.54) is 30.3 Å². The molecule has 5 heteroatoms. The molecule has 0 aliphatic rings. The molecule has 24 heavy (non-hydrogen) atoms. The molecule has 0 spiro atoms. The number of pyridine rings is 1. The average Bonchev–Trinajstić information content (AvgIpc) is 2.60. The van der Waals surface area contributed by atoms with E-state index in [0.717, 1.165) is 16.5 Å². The number of rotatable bonds is 4. The summed E-state index contributed by atoms with van der Waals surface area (Å²) in [4.78, 5) is 22.3. The minimum atomic E-state index is -0.487. The van der Waals surface area contributed by atoms with Crippen molar-refractivity contribution in [1.29, 1.82) is 0 Å². The molecular formula is C19H15N2O3+. The van der Waals surface area contributed by atoms with E-state index in [2.05, 4.69) is 0 Å². The van der Waals surface area contributed by atoms with Crippen molar-refractivity contribution >= 4 is 28.4 Å². The quantitative estimate of drug-likeness (QED) is 0.243. The van der Waals surface area contributed by atoms with Crippen LogP contribution in [0.1, 0.15) is 15.9 Å². The second kappa shape index (κ2) is 6.42. The predicted molar refractivity (Wildman–Crippen MR) is 91.6 cm³/mol. The van der Waals surface area contributed by atoms with Gasteiger partial charge in [0.25, 0.3) is 5.69 Å². The molecule has 5 nitrogen and oxygen atoms in total. The third-order valence-corrected chi connectivity index (χ3v) is 3.81. The number of carbonyl (C=O) groups is 1. The second-order valence-electron chi connectivity index (χ2n) is 5.44. The van der Waals surface area contributed by atoms with Crippen LogP contribution in [0.5, 0.6) is 0 Å². The van der Waals surface area contributed by atoms with Crippen molar-refractivity contribution in [2.75, 3.05) is 0 Å². The molecule has 0 fully saturated rings. The fourth-order valence-electron chi connectivity index (χ4n) is 2.50. The first-order chi connectivity index (χ1) is 11.5. The Morgan fingerprint density at radius 2 is 1.88 bits per heavy atom. The van der Waals surface area contributed by atoms with Crippen LogP contribution in [0.2, 0.25) is 0 Å². The molecule has 1 aromatic heterocycles. The standard InChI is InChI=1S/C19H15N2O3/c1-20-12-2-3-16-13-14(4-10-18(16)20)5-11-19(22)15-6-8-17(9-7-15)21(23)24/h2-13H,1H3/q+1/b11-5+. The van der Waals surface area contributed by atoms with Crippen LogP contribution in [0.15, 0.2) is 66.9 Å². The Kier molecular flexibility index (Phi) is 4.16. The Morgan fingerprint density at radius 3 is 2.58 bits per heavy atom. The number of allylic oxidation sites excluding steroid dienone is 1. The van der Waals surface area contributed by atoms with E-state index in [9.17, 15) is 14.9 Å². The lowest BCUT2D eigenvalue weighted by Gasteiger charge is -1.99. The van der Waals surface area contributed by atoms with Gasteiger partial charge in [0.2, 0.25) is 5.52 Å². The summed E-state index contributed by atoms with van der Waals surface area (Å²) in [6, 6.07) is 15.5. The van der Waals surface area contributed by atoms with E-state index >= 15 is 0 Å². The molecule has 3 aromatic rings. The topological polar surface area (TPSA) is 64.1 Å². The van der Waals surface area contributed by atoms with Gasteiger partial charge in [-0.25, -0.2) is 4.57 Å². The summed E-state index contributed by atoms with van der Waals surface area (Å²) < 4.78 is 2.03. The fourth-order valence-corrected chi connectivity index (χ4v) is 2.50. The van der Waals surface area contributed by atoms with Crippen LogP contribution in [-0.2, 0) is 7.05 Å². The van der Waals surface area contributed by atoms with Gasteiger partial charge in [0, 0.05) is 35.2 Å². The van der Waals surface area contributed by atoms with Crippen LogP contribution in [-0.4, -0.2) is 10.7 Å². The molecule has 0 N–H and O–H groups in total. The van der Waals surface area contributed by atoms with Crippen molar-refractivity contribution < 1.29 is 14.3 Å². The van der Waals surface area contributed by atoms with Crippen molar-refractivity contribution in [3.8, 4) is 0 Å². The molecule has 0 bridgehead atoms. The van der Waals surface area contributed by atoms with E-state index in [0.29, 0.717) is 5.56 Å². The number of hydrogen-bond acceptors (Lipinski definition) is 3. The van der Waals surface area contributed by atoms with Crippen molar-refractivity contribution in [3.05, 3.63) is 88.1 Å². The third kappa shape index (κ3) is 3.20. The lowest BCUT2D eigenvalue weighted by atomic mass is 10.1. The summed E-state index contributed by atoms with van der Waals surface area (Å²) in [5.41, 5.74) is 2.42. The number of nitrogens with zero attached hydrogens (tertiary/aromatic N) is 2. The van der Waals surface area contributed by atoms with Gasteiger partial charge in [0.05, 0.1) is 4.92 Å². The molecule has 3 rings (SSSR count). The van der Waals surface area contributed by atoms with E-state index in [-0.39, 0.29) is 11.5 Å². The monoisotopic (exact) mass is 319 g/mol. The number of fused-ring (bicyclic) bond motifs is 1. The van der Waals surface area contributed by atoms with Gasteiger partial charge in [-0.1, -0.05) is 6.08 Å². The van der Waals surface area contributed by atoms with Crippen molar-refractivity contribution in [1.82, 2.24) is 0 Å².